The molecule has 0 amide bonds. The van der Waals surface area contributed by atoms with E-state index in [4.69, 9.17) is 0 Å². The highest BCUT2D eigenvalue weighted by Gasteiger charge is 2.26. The van der Waals surface area contributed by atoms with Crippen molar-refractivity contribution < 1.29 is 4.79 Å². The number of allylic oxidation sites excluding steroid dienone is 2. The van der Waals surface area contributed by atoms with Gasteiger partial charge in [-0.15, -0.1) is 0 Å². The van der Waals surface area contributed by atoms with Crippen molar-refractivity contribution in [3.63, 3.8) is 0 Å². The topological polar surface area (TPSA) is 29.4 Å². The number of thioether (sulfide) groups is 1. The van der Waals surface area contributed by atoms with Crippen molar-refractivity contribution >= 4 is 23.1 Å². The largest absolute Gasteiger partial charge is 0.296 e. The molecule has 0 saturated heterocycles. The summed E-state index contributed by atoms with van der Waals surface area (Å²) in [5.74, 6) is 0. The van der Waals surface area contributed by atoms with Gasteiger partial charge in [0, 0.05) is 0 Å². The van der Waals surface area contributed by atoms with E-state index in [0.717, 1.165) is 6.29 Å². The highest BCUT2D eigenvalue weighted by atomic mass is 32.2. The quantitative estimate of drug-likeness (QED) is 0.546. The lowest BCUT2D eigenvalue weighted by Gasteiger charge is -2.10. The highest BCUT2D eigenvalue weighted by Crippen LogP contribution is 2.29. The third kappa shape index (κ3) is 1.16. The van der Waals surface area contributed by atoms with Gasteiger partial charge in [-0.25, -0.2) is 0 Å². The van der Waals surface area contributed by atoms with Gasteiger partial charge in [0.05, 0.1) is 11.3 Å². The van der Waals surface area contributed by atoms with Gasteiger partial charge in [-0.05, 0) is 0 Å². The normalized spacial score (nSPS) is 33.3. The Morgan fingerprint density at radius 1 is 1.45 bits per heavy atom. The first-order valence-electron chi connectivity index (χ1n) is 3.45. The van der Waals surface area contributed by atoms with Gasteiger partial charge in [-0.3, -0.25) is 9.79 Å². The van der Waals surface area contributed by atoms with E-state index in [2.05, 4.69) is 11.1 Å². The smallest absolute Gasteiger partial charge is 0.174 e. The van der Waals surface area contributed by atoms with Crippen molar-refractivity contribution in [3.8, 4) is 0 Å². The summed E-state index contributed by atoms with van der Waals surface area (Å²) in [7, 11) is 0. The predicted molar refractivity (Wildman–Crippen MR) is 46.9 cm³/mol. The van der Waals surface area contributed by atoms with Gasteiger partial charge in [-0.1, -0.05) is 36.1 Å². The molecule has 0 N–H and O–H groups in total. The molecular weight excluding hydrogens is 158 g/mol. The Labute approximate surface area is 69.1 Å². The summed E-state index contributed by atoms with van der Waals surface area (Å²) in [6, 6.07) is 0.199. The van der Waals surface area contributed by atoms with Crippen molar-refractivity contribution in [1.82, 2.24) is 0 Å². The highest BCUT2D eigenvalue weighted by molar-refractivity contribution is 8.16. The van der Waals surface area contributed by atoms with Gasteiger partial charge in [0.15, 0.2) is 6.29 Å². The first-order valence-corrected chi connectivity index (χ1v) is 4.33. The molecule has 0 aromatic rings. The number of nitrogens with zero attached hydrogens (tertiary/aromatic N) is 1. The number of rotatable bonds is 1. The number of aldehydes is 1. The summed E-state index contributed by atoms with van der Waals surface area (Å²) >= 11 is 1.54. The molecule has 0 bridgehead atoms. The van der Waals surface area contributed by atoms with Gasteiger partial charge in [0.2, 0.25) is 0 Å². The molecule has 1 aliphatic carbocycles. The van der Waals surface area contributed by atoms with E-state index in [0.29, 0.717) is 10.3 Å². The minimum absolute atomic E-state index is 0.199. The van der Waals surface area contributed by atoms with Crippen LogP contribution in [-0.2, 0) is 4.79 Å². The van der Waals surface area contributed by atoms with E-state index < -0.39 is 0 Å². The second-order valence-electron chi connectivity index (χ2n) is 2.43. The van der Waals surface area contributed by atoms with Crippen LogP contribution < -0.4 is 0 Å². The third-order valence-corrected chi connectivity index (χ3v) is 2.84. The molecule has 2 aliphatic rings. The summed E-state index contributed by atoms with van der Waals surface area (Å²) in [4.78, 5) is 14.6. The maximum Gasteiger partial charge on any atom is 0.174 e. The molecule has 0 aromatic carbocycles. The Hall–Kier alpha value is -0.830. The van der Waals surface area contributed by atoms with Crippen LogP contribution in [0.2, 0.25) is 0 Å². The molecule has 1 heterocycles. The maximum absolute atomic E-state index is 10.4. The second-order valence-corrected chi connectivity index (χ2v) is 3.63. The fraction of sp³-hybridized carbons (Fsp3) is 0.250. The Balaban J connectivity index is 2.22. The van der Waals surface area contributed by atoms with E-state index in [1.165, 1.54) is 11.8 Å². The summed E-state index contributed by atoms with van der Waals surface area (Å²) in [5, 5.41) is 0.983. The standard InChI is InChI=1S/C8H7NOS/c10-5-8-9-6-3-1-2-4-7(6)11-8/h1-7H. The van der Waals surface area contributed by atoms with Crippen molar-refractivity contribution in [2.45, 2.75) is 11.3 Å². The summed E-state index contributed by atoms with van der Waals surface area (Å²) in [5.41, 5.74) is 0. The summed E-state index contributed by atoms with van der Waals surface area (Å²) in [6.07, 6.45) is 8.89. The Kier molecular flexibility index (Phi) is 1.66. The molecule has 2 atom stereocenters. The predicted octanol–water partition coefficient (Wildman–Crippen LogP) is 1.19. The summed E-state index contributed by atoms with van der Waals surface area (Å²) in [6.45, 7) is 0. The summed E-state index contributed by atoms with van der Waals surface area (Å²) < 4.78 is 0. The van der Waals surface area contributed by atoms with Crippen LogP contribution in [0.25, 0.3) is 0 Å². The van der Waals surface area contributed by atoms with Crippen LogP contribution >= 0.6 is 11.8 Å². The van der Waals surface area contributed by atoms with Crippen LogP contribution in [0.4, 0.5) is 0 Å². The van der Waals surface area contributed by atoms with E-state index in [1.54, 1.807) is 0 Å². The fourth-order valence-corrected chi connectivity index (χ4v) is 2.15. The van der Waals surface area contributed by atoms with Crippen LogP contribution in [0.1, 0.15) is 0 Å². The second kappa shape index (κ2) is 2.66. The number of aliphatic imine (C=N–C) groups is 1. The monoisotopic (exact) mass is 165 g/mol. The minimum atomic E-state index is 0.199. The molecule has 1 aliphatic heterocycles. The van der Waals surface area contributed by atoms with Gasteiger partial charge in [0.25, 0.3) is 0 Å². The molecule has 0 fully saturated rings. The third-order valence-electron chi connectivity index (χ3n) is 1.69. The van der Waals surface area contributed by atoms with E-state index in [-0.39, 0.29) is 6.04 Å². The lowest BCUT2D eigenvalue weighted by atomic mass is 10.1. The number of fused-ring (bicyclic) bond motifs is 1. The molecule has 0 aromatic heterocycles. The Morgan fingerprint density at radius 3 is 3.00 bits per heavy atom. The van der Waals surface area contributed by atoms with Crippen molar-refractivity contribution in [2.75, 3.05) is 0 Å². The lowest BCUT2D eigenvalue weighted by Crippen LogP contribution is -2.13. The van der Waals surface area contributed by atoms with Gasteiger partial charge >= 0.3 is 0 Å². The zero-order valence-electron chi connectivity index (χ0n) is 5.81. The molecule has 11 heavy (non-hydrogen) atoms. The lowest BCUT2D eigenvalue weighted by molar-refractivity contribution is -0.102. The van der Waals surface area contributed by atoms with Crippen LogP contribution in [-0.4, -0.2) is 22.6 Å². The molecule has 3 heteroatoms. The molecule has 56 valence electrons. The SMILES string of the molecule is O=CC1=NC2C=CC=CC2S1. The number of carbonyl (C=O) groups excluding carboxylic acids is 1. The van der Waals surface area contributed by atoms with Gasteiger partial charge in [0.1, 0.15) is 5.04 Å². The van der Waals surface area contributed by atoms with Crippen LogP contribution in [0.5, 0.6) is 0 Å². The Morgan fingerprint density at radius 2 is 2.27 bits per heavy atom. The average molecular weight is 165 g/mol. The van der Waals surface area contributed by atoms with Crippen molar-refractivity contribution in [2.24, 2.45) is 4.99 Å². The van der Waals surface area contributed by atoms with Gasteiger partial charge in [-0.2, -0.15) is 0 Å². The van der Waals surface area contributed by atoms with Crippen molar-refractivity contribution in [1.29, 1.82) is 0 Å². The molecule has 2 rings (SSSR count). The van der Waals surface area contributed by atoms with Crippen LogP contribution in [0.15, 0.2) is 29.3 Å². The average Bonchev–Trinajstić information content (AvgIpc) is 2.46. The Bertz CT molecular complexity index is 267. The number of hydrogen-bond donors (Lipinski definition) is 0. The van der Waals surface area contributed by atoms with Crippen LogP contribution in [0.3, 0.4) is 0 Å². The number of hydrogen-bond acceptors (Lipinski definition) is 3. The molecule has 2 nitrogen and oxygen atoms in total. The maximum atomic E-state index is 10.4. The van der Waals surface area contributed by atoms with Crippen molar-refractivity contribution in [3.05, 3.63) is 24.3 Å². The van der Waals surface area contributed by atoms with E-state index in [9.17, 15) is 4.79 Å². The minimum Gasteiger partial charge on any atom is -0.296 e. The fourth-order valence-electron chi connectivity index (χ4n) is 1.18. The molecule has 0 radical (unpaired) electrons. The number of carbonyl (C=O) groups is 1. The molecular formula is C8H7NOS. The van der Waals surface area contributed by atoms with E-state index >= 15 is 0 Å². The molecule has 0 saturated carbocycles. The molecule has 0 spiro atoms. The first-order chi connectivity index (χ1) is 5.40. The molecule has 2 unspecified atom stereocenters. The van der Waals surface area contributed by atoms with Gasteiger partial charge < -0.3 is 0 Å². The first kappa shape index (κ1) is 6.85. The van der Waals surface area contributed by atoms with Crippen LogP contribution in [0, 0.1) is 0 Å². The van der Waals surface area contributed by atoms with E-state index in [1.807, 2.05) is 18.2 Å². The zero-order valence-corrected chi connectivity index (χ0v) is 6.62. The zero-order chi connectivity index (χ0) is 7.68.